The molecule has 0 saturated heterocycles. The zero-order chi connectivity index (χ0) is 16.6. The number of hydrogen-bond donors (Lipinski definition) is 2. The first-order valence-corrected chi connectivity index (χ1v) is 7.25. The molecule has 0 radical (unpaired) electrons. The third-order valence-electron chi connectivity index (χ3n) is 4.05. The Hall–Kier alpha value is -2.51. The number of aryl methyl sites for hydroxylation is 2. The van der Waals surface area contributed by atoms with Gasteiger partial charge in [-0.05, 0) is 12.5 Å². The summed E-state index contributed by atoms with van der Waals surface area (Å²) in [7, 11) is 1.70. The molecular weight excluding hydrogens is 304 g/mol. The number of anilines is 1. The molecule has 122 valence electrons. The van der Waals surface area contributed by atoms with Crippen molar-refractivity contribution < 1.29 is 13.6 Å². The standard InChI is InChI=1S/C15H17F2N5O/c1-9-19-13(21-22(9)2)20-14(23)18-8-11-12(15(11,16)17)10-6-4-3-5-7-10/h3-7,11-12H,8H2,1-2H3,(H2,18,20,21,23)/t11-,12-/m1/s1. The van der Waals surface area contributed by atoms with Crippen LogP contribution < -0.4 is 10.6 Å². The average molecular weight is 321 g/mol. The second-order valence-electron chi connectivity index (χ2n) is 5.61. The number of alkyl halides is 2. The van der Waals surface area contributed by atoms with Gasteiger partial charge in [-0.15, -0.1) is 5.10 Å². The molecule has 2 N–H and O–H groups in total. The number of hydrogen-bond acceptors (Lipinski definition) is 3. The quantitative estimate of drug-likeness (QED) is 0.907. The molecule has 1 aromatic carbocycles. The fraction of sp³-hybridized carbons (Fsp3) is 0.400. The maximum atomic E-state index is 13.9. The van der Waals surface area contributed by atoms with Crippen molar-refractivity contribution in [3.63, 3.8) is 0 Å². The van der Waals surface area contributed by atoms with Gasteiger partial charge in [-0.2, -0.15) is 4.98 Å². The molecule has 3 rings (SSSR count). The number of carbonyl (C=O) groups excluding carboxylic acids is 1. The van der Waals surface area contributed by atoms with Gasteiger partial charge < -0.3 is 5.32 Å². The summed E-state index contributed by atoms with van der Waals surface area (Å²) in [6.45, 7) is 1.63. The van der Waals surface area contributed by atoms with Crippen LogP contribution in [0, 0.1) is 12.8 Å². The minimum Gasteiger partial charge on any atom is -0.337 e. The maximum absolute atomic E-state index is 13.9. The zero-order valence-electron chi connectivity index (χ0n) is 12.8. The van der Waals surface area contributed by atoms with Crippen LogP contribution in [0.4, 0.5) is 19.5 Å². The van der Waals surface area contributed by atoms with Gasteiger partial charge in [0.1, 0.15) is 5.82 Å². The highest BCUT2D eigenvalue weighted by molar-refractivity contribution is 5.87. The number of rotatable bonds is 4. The SMILES string of the molecule is Cc1nc(NC(=O)NC[C@@H]2[C@@H](c3ccccc3)C2(F)F)nn1C. The third kappa shape index (κ3) is 3.01. The van der Waals surface area contributed by atoms with Crippen LogP contribution in [0.15, 0.2) is 30.3 Å². The molecule has 1 heterocycles. The third-order valence-corrected chi connectivity index (χ3v) is 4.05. The Kier molecular flexibility index (Phi) is 3.75. The lowest BCUT2D eigenvalue weighted by Crippen LogP contribution is -2.31. The molecule has 2 aromatic rings. The van der Waals surface area contributed by atoms with E-state index in [0.29, 0.717) is 11.4 Å². The lowest BCUT2D eigenvalue weighted by atomic mass is 10.1. The zero-order valence-corrected chi connectivity index (χ0v) is 12.8. The summed E-state index contributed by atoms with van der Waals surface area (Å²) in [5.74, 6) is -3.76. The summed E-state index contributed by atoms with van der Waals surface area (Å²) in [4.78, 5) is 15.8. The van der Waals surface area contributed by atoms with Gasteiger partial charge in [-0.25, -0.2) is 13.6 Å². The van der Waals surface area contributed by atoms with Crippen LogP contribution in [0.1, 0.15) is 17.3 Å². The number of benzene rings is 1. The van der Waals surface area contributed by atoms with Crippen molar-refractivity contribution in [3.05, 3.63) is 41.7 Å². The van der Waals surface area contributed by atoms with Crippen molar-refractivity contribution >= 4 is 12.0 Å². The van der Waals surface area contributed by atoms with Crippen molar-refractivity contribution in [3.8, 4) is 0 Å². The molecule has 0 unspecified atom stereocenters. The number of carbonyl (C=O) groups is 1. The van der Waals surface area contributed by atoms with Gasteiger partial charge in [0.15, 0.2) is 0 Å². The molecule has 1 saturated carbocycles. The molecule has 2 atom stereocenters. The summed E-state index contributed by atoms with van der Waals surface area (Å²) < 4.78 is 29.3. The number of amides is 2. The summed E-state index contributed by atoms with van der Waals surface area (Å²) in [5.41, 5.74) is 0.590. The Morgan fingerprint density at radius 2 is 2.04 bits per heavy atom. The first-order valence-electron chi connectivity index (χ1n) is 7.25. The number of nitrogens with zero attached hydrogens (tertiary/aromatic N) is 3. The van der Waals surface area contributed by atoms with E-state index < -0.39 is 23.8 Å². The van der Waals surface area contributed by atoms with Gasteiger partial charge in [-0.1, -0.05) is 30.3 Å². The molecule has 0 bridgehead atoms. The van der Waals surface area contributed by atoms with Crippen LogP contribution in [0.3, 0.4) is 0 Å². The fourth-order valence-electron chi connectivity index (χ4n) is 2.62. The van der Waals surface area contributed by atoms with Gasteiger partial charge in [0.25, 0.3) is 5.92 Å². The van der Waals surface area contributed by atoms with Gasteiger partial charge >= 0.3 is 6.03 Å². The topological polar surface area (TPSA) is 71.8 Å². The number of nitrogens with one attached hydrogen (secondary N) is 2. The lowest BCUT2D eigenvalue weighted by Gasteiger charge is -2.04. The number of aromatic nitrogens is 3. The van der Waals surface area contributed by atoms with Crippen molar-refractivity contribution in [2.75, 3.05) is 11.9 Å². The van der Waals surface area contributed by atoms with E-state index in [-0.39, 0.29) is 12.5 Å². The number of halogens is 2. The number of urea groups is 1. The highest BCUT2D eigenvalue weighted by Gasteiger charge is 2.68. The second-order valence-corrected chi connectivity index (χ2v) is 5.61. The Balaban J connectivity index is 1.55. The Morgan fingerprint density at radius 3 is 2.65 bits per heavy atom. The monoisotopic (exact) mass is 321 g/mol. The van der Waals surface area contributed by atoms with Crippen LogP contribution in [-0.2, 0) is 7.05 Å². The molecular formula is C15H17F2N5O. The minimum atomic E-state index is -2.80. The first kappa shape index (κ1) is 15.4. The van der Waals surface area contributed by atoms with Crippen LogP contribution >= 0.6 is 0 Å². The van der Waals surface area contributed by atoms with E-state index in [2.05, 4.69) is 20.7 Å². The Bertz CT molecular complexity index is 696. The van der Waals surface area contributed by atoms with E-state index >= 15 is 0 Å². The van der Waals surface area contributed by atoms with E-state index in [0.717, 1.165) is 0 Å². The van der Waals surface area contributed by atoms with Crippen LogP contribution in [-0.4, -0.2) is 33.3 Å². The van der Waals surface area contributed by atoms with E-state index in [4.69, 9.17) is 0 Å². The van der Waals surface area contributed by atoms with E-state index in [9.17, 15) is 13.6 Å². The fourth-order valence-corrected chi connectivity index (χ4v) is 2.62. The Labute approximate surface area is 131 Å². The van der Waals surface area contributed by atoms with Gasteiger partial charge in [-0.3, -0.25) is 10.00 Å². The van der Waals surface area contributed by atoms with Crippen LogP contribution in [0.5, 0.6) is 0 Å². The molecule has 0 aliphatic heterocycles. The predicted molar refractivity (Wildman–Crippen MR) is 80.4 cm³/mol. The van der Waals surface area contributed by atoms with Gasteiger partial charge in [0.05, 0.1) is 11.8 Å². The van der Waals surface area contributed by atoms with Gasteiger partial charge in [0.2, 0.25) is 5.95 Å². The molecule has 23 heavy (non-hydrogen) atoms. The minimum absolute atomic E-state index is 0.107. The highest BCUT2D eigenvalue weighted by Crippen LogP contribution is 2.61. The maximum Gasteiger partial charge on any atom is 0.321 e. The molecule has 1 aliphatic carbocycles. The predicted octanol–water partition coefficient (Wildman–Crippen LogP) is 2.29. The Morgan fingerprint density at radius 1 is 1.35 bits per heavy atom. The molecule has 0 spiro atoms. The summed E-state index contributed by atoms with van der Waals surface area (Å²) >= 11 is 0. The normalized spacial score (nSPS) is 21.7. The summed E-state index contributed by atoms with van der Waals surface area (Å²) in [6.07, 6.45) is 0. The van der Waals surface area contributed by atoms with Crippen molar-refractivity contribution in [1.29, 1.82) is 0 Å². The highest BCUT2D eigenvalue weighted by atomic mass is 19.3. The van der Waals surface area contributed by atoms with Gasteiger partial charge in [0, 0.05) is 13.6 Å². The molecule has 1 fully saturated rings. The lowest BCUT2D eigenvalue weighted by molar-refractivity contribution is 0.0936. The average Bonchev–Trinajstić information content (AvgIpc) is 2.91. The molecule has 2 amide bonds. The van der Waals surface area contributed by atoms with Crippen LogP contribution in [0.25, 0.3) is 0 Å². The first-order chi connectivity index (χ1) is 10.9. The molecule has 6 nitrogen and oxygen atoms in total. The van der Waals surface area contributed by atoms with Crippen molar-refractivity contribution in [1.82, 2.24) is 20.1 Å². The van der Waals surface area contributed by atoms with Crippen molar-refractivity contribution in [2.24, 2.45) is 13.0 Å². The smallest absolute Gasteiger partial charge is 0.321 e. The molecule has 1 aliphatic rings. The molecule has 8 heteroatoms. The summed E-state index contributed by atoms with van der Waals surface area (Å²) in [5, 5.41) is 8.86. The summed E-state index contributed by atoms with van der Waals surface area (Å²) in [6, 6.07) is 8.02. The van der Waals surface area contributed by atoms with E-state index in [1.165, 1.54) is 4.68 Å². The second kappa shape index (κ2) is 5.60. The van der Waals surface area contributed by atoms with Crippen LogP contribution in [0.2, 0.25) is 0 Å². The van der Waals surface area contributed by atoms with E-state index in [1.54, 1.807) is 44.3 Å². The van der Waals surface area contributed by atoms with E-state index in [1.807, 2.05) is 0 Å². The molecule has 1 aromatic heterocycles. The van der Waals surface area contributed by atoms with Crippen molar-refractivity contribution in [2.45, 2.75) is 18.8 Å². The largest absolute Gasteiger partial charge is 0.337 e.